The molecule has 1 aliphatic heterocycles. The first-order valence-corrected chi connectivity index (χ1v) is 11.0. The van der Waals surface area contributed by atoms with Crippen LogP contribution < -0.4 is 14.8 Å². The van der Waals surface area contributed by atoms with Gasteiger partial charge in [-0.3, -0.25) is 9.59 Å². The van der Waals surface area contributed by atoms with Crippen LogP contribution in [0.25, 0.3) is 10.8 Å². The Kier molecular flexibility index (Phi) is 6.89. The summed E-state index contributed by atoms with van der Waals surface area (Å²) >= 11 is 1.05. The van der Waals surface area contributed by atoms with Crippen molar-refractivity contribution >= 4 is 45.8 Å². The van der Waals surface area contributed by atoms with E-state index in [-0.39, 0.29) is 17.5 Å². The van der Waals surface area contributed by atoms with Crippen LogP contribution in [0.4, 0.5) is 0 Å². The lowest BCUT2D eigenvalue weighted by Gasteiger charge is -2.12. The van der Waals surface area contributed by atoms with Gasteiger partial charge in [-0.2, -0.15) is 5.10 Å². The van der Waals surface area contributed by atoms with Crippen molar-refractivity contribution in [2.24, 2.45) is 10.2 Å². The summed E-state index contributed by atoms with van der Waals surface area (Å²) in [5.41, 5.74) is 1.80. The molecule has 1 aliphatic rings. The highest BCUT2D eigenvalue weighted by Gasteiger charge is 2.32. The zero-order valence-electron chi connectivity index (χ0n) is 17.7. The molecule has 1 amide bonds. The first-order valence-electron chi connectivity index (χ1n) is 10.1. The smallest absolute Gasteiger partial charge is 0.305 e. The summed E-state index contributed by atoms with van der Waals surface area (Å²) in [5.74, 6) is -0.270. The Morgan fingerprint density at radius 1 is 1.15 bits per heavy atom. The zero-order valence-corrected chi connectivity index (χ0v) is 18.5. The van der Waals surface area contributed by atoms with Crippen molar-refractivity contribution in [1.82, 2.24) is 5.32 Å². The van der Waals surface area contributed by atoms with Gasteiger partial charge in [-0.25, -0.2) is 0 Å². The average Bonchev–Trinajstić information content (AvgIpc) is 3.16. The Morgan fingerprint density at radius 2 is 1.97 bits per heavy atom. The quantitative estimate of drug-likeness (QED) is 0.388. The summed E-state index contributed by atoms with van der Waals surface area (Å²) in [7, 11) is 1.56. The van der Waals surface area contributed by atoms with Crippen LogP contribution in [0.1, 0.15) is 17.5 Å². The fraction of sp³-hybridized carbons (Fsp3) is 0.167. The maximum absolute atomic E-state index is 11.8. The third-order valence-corrected chi connectivity index (χ3v) is 6.01. The largest absolute Gasteiger partial charge is 0.493 e. The Hall–Kier alpha value is -3.85. The molecule has 1 unspecified atom stereocenters. The van der Waals surface area contributed by atoms with Crippen molar-refractivity contribution in [2.75, 3.05) is 7.11 Å². The van der Waals surface area contributed by atoms with Gasteiger partial charge in [-0.1, -0.05) is 54.2 Å². The normalized spacial score (nSPS) is 16.9. The molecule has 0 spiro atoms. The average molecular weight is 464 g/mol. The number of ether oxygens (including phenoxy) is 2. The molecular formula is C24H21N3O5S. The lowest BCUT2D eigenvalue weighted by Crippen LogP contribution is -2.26. The molecule has 33 heavy (non-hydrogen) atoms. The van der Waals surface area contributed by atoms with Crippen LogP contribution >= 0.6 is 11.8 Å². The van der Waals surface area contributed by atoms with Gasteiger partial charge in [0.2, 0.25) is 5.91 Å². The molecule has 8 nitrogen and oxygen atoms in total. The van der Waals surface area contributed by atoms with Crippen molar-refractivity contribution < 1.29 is 24.2 Å². The number of amides is 1. The van der Waals surface area contributed by atoms with E-state index in [1.54, 1.807) is 19.2 Å². The fourth-order valence-corrected chi connectivity index (χ4v) is 4.27. The number of nitrogens with one attached hydrogen (secondary N) is 1. The second-order valence-corrected chi connectivity index (χ2v) is 8.37. The molecule has 0 aliphatic carbocycles. The van der Waals surface area contributed by atoms with Gasteiger partial charge in [-0.05, 0) is 40.1 Å². The summed E-state index contributed by atoms with van der Waals surface area (Å²) in [5, 5.41) is 21.2. The number of hydrogen-bond donors (Lipinski definition) is 2. The molecule has 168 valence electrons. The summed E-state index contributed by atoms with van der Waals surface area (Å²) in [4.78, 5) is 22.5. The van der Waals surface area contributed by atoms with E-state index < -0.39 is 11.2 Å². The van der Waals surface area contributed by atoms with E-state index in [0.717, 1.165) is 33.7 Å². The maximum atomic E-state index is 11.8. The van der Waals surface area contributed by atoms with Gasteiger partial charge in [0.1, 0.15) is 11.9 Å². The SMILES string of the molecule is COc1cc(C=NN=C2NC(=O)C(CC(=O)O)S2)ccc1OCc1cccc2ccccc12. The second-order valence-electron chi connectivity index (χ2n) is 7.18. The molecule has 1 saturated heterocycles. The first kappa shape index (κ1) is 22.3. The standard InChI is InChI=1S/C24H21N3O5S/c1-31-20-11-15(13-25-27-24-26-23(30)21(33-24)12-22(28)29)9-10-19(20)32-14-17-7-4-6-16-5-2-3-8-18(16)17/h2-11,13,21H,12,14H2,1H3,(H,28,29)(H,26,27,30). The van der Waals surface area contributed by atoms with Crippen molar-refractivity contribution in [3.63, 3.8) is 0 Å². The second kappa shape index (κ2) is 10.2. The number of nitrogens with zero attached hydrogens (tertiary/aromatic N) is 2. The third kappa shape index (κ3) is 5.50. The van der Waals surface area contributed by atoms with Crippen LogP contribution in [0.3, 0.4) is 0 Å². The summed E-state index contributed by atoms with van der Waals surface area (Å²) in [6.07, 6.45) is 1.25. The van der Waals surface area contributed by atoms with Crippen LogP contribution in [-0.2, 0) is 16.2 Å². The minimum Gasteiger partial charge on any atom is -0.493 e. The highest BCUT2D eigenvalue weighted by molar-refractivity contribution is 8.15. The monoisotopic (exact) mass is 463 g/mol. The van der Waals surface area contributed by atoms with Gasteiger partial charge in [0.05, 0.1) is 19.7 Å². The molecule has 1 fully saturated rings. The Labute approximate surface area is 194 Å². The molecule has 0 saturated carbocycles. The van der Waals surface area contributed by atoms with Crippen molar-refractivity contribution in [2.45, 2.75) is 18.3 Å². The van der Waals surface area contributed by atoms with E-state index in [4.69, 9.17) is 14.6 Å². The number of carboxylic acids is 1. The maximum Gasteiger partial charge on any atom is 0.305 e. The van der Waals surface area contributed by atoms with E-state index in [2.05, 4.69) is 33.7 Å². The number of thioether (sulfide) groups is 1. The number of amidine groups is 1. The van der Waals surface area contributed by atoms with Gasteiger partial charge in [0, 0.05) is 0 Å². The summed E-state index contributed by atoms with van der Waals surface area (Å²) < 4.78 is 11.5. The predicted molar refractivity (Wildman–Crippen MR) is 128 cm³/mol. The number of carbonyl (C=O) groups excluding carboxylic acids is 1. The van der Waals surface area contributed by atoms with Gasteiger partial charge >= 0.3 is 5.97 Å². The molecule has 1 heterocycles. The lowest BCUT2D eigenvalue weighted by molar-refractivity contribution is -0.138. The number of hydrogen-bond acceptors (Lipinski definition) is 7. The van der Waals surface area contributed by atoms with Crippen molar-refractivity contribution in [1.29, 1.82) is 0 Å². The lowest BCUT2D eigenvalue weighted by atomic mass is 10.1. The molecule has 3 aromatic rings. The highest BCUT2D eigenvalue weighted by atomic mass is 32.2. The Morgan fingerprint density at radius 3 is 2.79 bits per heavy atom. The van der Waals surface area contributed by atoms with Crippen LogP contribution in [0, 0.1) is 0 Å². The number of benzene rings is 3. The van der Waals surface area contributed by atoms with E-state index in [9.17, 15) is 9.59 Å². The summed E-state index contributed by atoms with van der Waals surface area (Å²) in [6.45, 7) is 0.396. The van der Waals surface area contributed by atoms with Gasteiger partial charge < -0.3 is 19.9 Å². The number of carbonyl (C=O) groups is 2. The van der Waals surface area contributed by atoms with E-state index in [0.29, 0.717) is 18.1 Å². The molecule has 0 radical (unpaired) electrons. The Balaban J connectivity index is 1.42. The Bertz CT molecular complexity index is 1250. The van der Waals surface area contributed by atoms with Crippen molar-refractivity contribution in [3.8, 4) is 11.5 Å². The molecule has 0 bridgehead atoms. The molecular weight excluding hydrogens is 442 g/mol. The van der Waals surface area contributed by atoms with E-state index in [1.807, 2.05) is 30.3 Å². The van der Waals surface area contributed by atoms with Crippen LogP contribution in [0.15, 0.2) is 70.9 Å². The van der Waals surface area contributed by atoms with Crippen LogP contribution in [-0.4, -0.2) is 40.7 Å². The van der Waals surface area contributed by atoms with Gasteiger partial charge in [0.15, 0.2) is 16.7 Å². The number of rotatable bonds is 8. The zero-order chi connectivity index (χ0) is 23.2. The van der Waals surface area contributed by atoms with Gasteiger partial charge in [0.25, 0.3) is 0 Å². The summed E-state index contributed by atoms with van der Waals surface area (Å²) in [6, 6.07) is 19.7. The fourth-order valence-electron chi connectivity index (χ4n) is 3.35. The number of carboxylic acid groups (broad SMARTS) is 1. The molecule has 9 heteroatoms. The minimum absolute atomic E-state index is 0.267. The molecule has 2 N–H and O–H groups in total. The number of fused-ring (bicyclic) bond motifs is 1. The van der Waals surface area contributed by atoms with E-state index in [1.165, 1.54) is 6.21 Å². The molecule has 3 aromatic carbocycles. The third-order valence-electron chi connectivity index (χ3n) is 4.94. The molecule has 4 rings (SSSR count). The molecule has 1 atom stereocenters. The van der Waals surface area contributed by atoms with Crippen LogP contribution in [0.2, 0.25) is 0 Å². The first-order chi connectivity index (χ1) is 16.0. The van der Waals surface area contributed by atoms with E-state index >= 15 is 0 Å². The number of aliphatic carboxylic acids is 1. The highest BCUT2D eigenvalue weighted by Crippen LogP contribution is 2.29. The number of methoxy groups -OCH3 is 1. The molecule has 0 aromatic heterocycles. The predicted octanol–water partition coefficient (Wildman–Crippen LogP) is 3.82. The van der Waals surface area contributed by atoms with Gasteiger partial charge in [-0.15, -0.1) is 5.10 Å². The van der Waals surface area contributed by atoms with Crippen LogP contribution in [0.5, 0.6) is 11.5 Å². The minimum atomic E-state index is -1.04. The topological polar surface area (TPSA) is 110 Å². The van der Waals surface area contributed by atoms with Crippen molar-refractivity contribution in [3.05, 3.63) is 71.8 Å².